The summed E-state index contributed by atoms with van der Waals surface area (Å²) in [7, 11) is 1.34. The molecule has 1 aliphatic rings. The molecule has 3 aromatic rings. The van der Waals surface area contributed by atoms with Gasteiger partial charge in [0.15, 0.2) is 11.6 Å². The molecule has 0 bridgehead atoms. The molecule has 32 heavy (non-hydrogen) atoms. The Labute approximate surface area is 184 Å². The first-order valence-electron chi connectivity index (χ1n) is 10.1. The Kier molecular flexibility index (Phi) is 6.07. The molecule has 1 aliphatic carbocycles. The third-order valence-electron chi connectivity index (χ3n) is 5.59. The fraction of sp³-hybridized carbons (Fsp3) is 0.200. The summed E-state index contributed by atoms with van der Waals surface area (Å²) in [5.74, 6) is -1.87. The largest absolute Gasteiger partial charge is 0.494 e. The van der Waals surface area contributed by atoms with Crippen LogP contribution in [0.15, 0.2) is 66.7 Å². The summed E-state index contributed by atoms with van der Waals surface area (Å²) < 4.78 is 24.5. The second-order valence-electron chi connectivity index (χ2n) is 7.51. The summed E-state index contributed by atoms with van der Waals surface area (Å²) in [6, 6.07) is 19.0. The average Bonchev–Trinajstić information content (AvgIpc) is 3.10. The smallest absolute Gasteiger partial charge is 0.407 e. The van der Waals surface area contributed by atoms with Crippen LogP contribution in [0.25, 0.3) is 11.1 Å². The van der Waals surface area contributed by atoms with Gasteiger partial charge in [0.25, 0.3) is 0 Å². The van der Waals surface area contributed by atoms with Gasteiger partial charge in [-0.1, -0.05) is 54.6 Å². The van der Waals surface area contributed by atoms with Gasteiger partial charge in [0.1, 0.15) is 6.61 Å². The Morgan fingerprint density at radius 2 is 1.66 bits per heavy atom. The molecule has 0 fully saturated rings. The van der Waals surface area contributed by atoms with Gasteiger partial charge in [0, 0.05) is 5.92 Å². The van der Waals surface area contributed by atoms with Gasteiger partial charge in [-0.15, -0.1) is 0 Å². The van der Waals surface area contributed by atoms with Gasteiger partial charge in [0.2, 0.25) is 0 Å². The zero-order valence-corrected chi connectivity index (χ0v) is 17.4. The van der Waals surface area contributed by atoms with Crippen LogP contribution in [0.2, 0.25) is 0 Å². The highest BCUT2D eigenvalue weighted by Crippen LogP contribution is 2.44. The van der Waals surface area contributed by atoms with E-state index in [2.05, 4.69) is 5.32 Å². The minimum atomic E-state index is -1.13. The van der Waals surface area contributed by atoms with Crippen molar-refractivity contribution in [2.45, 2.75) is 18.4 Å². The number of methoxy groups -OCH3 is 1. The number of amides is 1. The monoisotopic (exact) mass is 435 g/mol. The van der Waals surface area contributed by atoms with Gasteiger partial charge in [-0.25, -0.2) is 9.18 Å². The van der Waals surface area contributed by atoms with E-state index in [9.17, 15) is 19.1 Å². The van der Waals surface area contributed by atoms with Crippen molar-refractivity contribution in [1.82, 2.24) is 5.32 Å². The summed E-state index contributed by atoms with van der Waals surface area (Å²) in [6.45, 7) is 0.0939. The maximum atomic E-state index is 14.1. The highest BCUT2D eigenvalue weighted by Gasteiger charge is 2.29. The number of carboxylic acids is 1. The Bertz CT molecular complexity index is 1120. The van der Waals surface area contributed by atoms with E-state index < -0.39 is 30.3 Å². The lowest BCUT2D eigenvalue weighted by atomic mass is 9.98. The summed E-state index contributed by atoms with van der Waals surface area (Å²) >= 11 is 0. The first kappa shape index (κ1) is 21.4. The van der Waals surface area contributed by atoms with Crippen LogP contribution in [-0.2, 0) is 9.53 Å². The van der Waals surface area contributed by atoms with Crippen molar-refractivity contribution in [2.75, 3.05) is 13.7 Å². The molecule has 0 aromatic heterocycles. The first-order chi connectivity index (χ1) is 15.5. The number of hydrogen-bond donors (Lipinski definition) is 2. The number of nitrogens with one attached hydrogen (secondary N) is 1. The molecule has 0 spiro atoms. The summed E-state index contributed by atoms with van der Waals surface area (Å²) in [5.41, 5.74) is 4.66. The minimum absolute atomic E-state index is 0.0314. The van der Waals surface area contributed by atoms with Crippen molar-refractivity contribution in [3.05, 3.63) is 89.2 Å². The van der Waals surface area contributed by atoms with Gasteiger partial charge in [-0.05, 0) is 39.9 Å². The van der Waals surface area contributed by atoms with Crippen molar-refractivity contribution >= 4 is 12.1 Å². The number of ether oxygens (including phenoxy) is 2. The predicted octanol–water partition coefficient (Wildman–Crippen LogP) is 4.89. The Morgan fingerprint density at radius 3 is 2.22 bits per heavy atom. The van der Waals surface area contributed by atoms with Crippen LogP contribution in [0.3, 0.4) is 0 Å². The molecule has 0 saturated carbocycles. The van der Waals surface area contributed by atoms with Crippen molar-refractivity contribution in [1.29, 1.82) is 0 Å². The molecule has 0 radical (unpaired) electrons. The summed E-state index contributed by atoms with van der Waals surface area (Å²) in [4.78, 5) is 23.9. The number of fused-ring (bicyclic) bond motifs is 3. The van der Waals surface area contributed by atoms with E-state index >= 15 is 0 Å². The third kappa shape index (κ3) is 4.27. The number of carbonyl (C=O) groups is 2. The normalized spacial score (nSPS) is 13.1. The summed E-state index contributed by atoms with van der Waals surface area (Å²) in [6.07, 6.45) is -1.19. The lowest BCUT2D eigenvalue weighted by molar-refractivity contribution is -0.137. The van der Waals surface area contributed by atoms with Crippen molar-refractivity contribution in [3.63, 3.8) is 0 Å². The molecule has 164 valence electrons. The molecule has 3 aromatic carbocycles. The predicted molar refractivity (Wildman–Crippen MR) is 116 cm³/mol. The van der Waals surface area contributed by atoms with Crippen LogP contribution in [0.5, 0.6) is 5.75 Å². The molecule has 0 heterocycles. The fourth-order valence-corrected chi connectivity index (χ4v) is 4.11. The maximum Gasteiger partial charge on any atom is 0.407 e. The number of halogens is 1. The van der Waals surface area contributed by atoms with E-state index in [1.165, 1.54) is 19.2 Å². The number of carbonyl (C=O) groups excluding carboxylic acids is 1. The van der Waals surface area contributed by atoms with E-state index in [0.717, 1.165) is 28.3 Å². The Morgan fingerprint density at radius 1 is 1.03 bits per heavy atom. The first-order valence-corrected chi connectivity index (χ1v) is 10.1. The number of rotatable bonds is 7. The molecule has 1 atom stereocenters. The Hall–Kier alpha value is -3.87. The third-order valence-corrected chi connectivity index (χ3v) is 5.59. The molecule has 7 heteroatoms. The zero-order valence-electron chi connectivity index (χ0n) is 17.4. The minimum Gasteiger partial charge on any atom is -0.494 e. The Balaban J connectivity index is 1.48. The van der Waals surface area contributed by atoms with E-state index in [1.54, 1.807) is 0 Å². The fourth-order valence-electron chi connectivity index (χ4n) is 4.11. The quantitative estimate of drug-likeness (QED) is 0.552. The van der Waals surface area contributed by atoms with Crippen LogP contribution >= 0.6 is 0 Å². The van der Waals surface area contributed by atoms with E-state index in [1.807, 2.05) is 48.5 Å². The van der Waals surface area contributed by atoms with Crippen LogP contribution < -0.4 is 10.1 Å². The highest BCUT2D eigenvalue weighted by atomic mass is 19.1. The van der Waals surface area contributed by atoms with Crippen LogP contribution in [-0.4, -0.2) is 30.9 Å². The standard InChI is InChI=1S/C25H22FNO5/c1-31-23-11-10-15(12-21(23)26)22(13-24(28)29)27-25(30)32-14-20-18-8-4-2-6-16(18)17-7-3-5-9-19(17)20/h2-12,20,22H,13-14H2,1H3,(H,27,30)(H,28,29)/t22-/m1/s1. The number of benzene rings is 3. The molecule has 4 rings (SSSR count). The lowest BCUT2D eigenvalue weighted by Crippen LogP contribution is -2.31. The number of aliphatic carboxylic acids is 1. The molecule has 0 unspecified atom stereocenters. The van der Waals surface area contributed by atoms with E-state index in [-0.39, 0.29) is 18.3 Å². The van der Waals surface area contributed by atoms with Gasteiger partial charge < -0.3 is 19.9 Å². The molecule has 6 nitrogen and oxygen atoms in total. The van der Waals surface area contributed by atoms with Crippen LogP contribution in [0.4, 0.5) is 9.18 Å². The lowest BCUT2D eigenvalue weighted by Gasteiger charge is -2.19. The topological polar surface area (TPSA) is 84.9 Å². The molecule has 1 amide bonds. The number of hydrogen-bond acceptors (Lipinski definition) is 4. The van der Waals surface area contributed by atoms with Crippen molar-refractivity contribution < 1.29 is 28.6 Å². The molecule has 0 aliphatic heterocycles. The van der Waals surface area contributed by atoms with Gasteiger partial charge >= 0.3 is 12.1 Å². The van der Waals surface area contributed by atoms with E-state index in [4.69, 9.17) is 9.47 Å². The molecular weight excluding hydrogens is 413 g/mol. The molecular formula is C25H22FNO5. The van der Waals surface area contributed by atoms with Gasteiger partial charge in [-0.2, -0.15) is 0 Å². The van der Waals surface area contributed by atoms with Gasteiger partial charge in [-0.3, -0.25) is 4.79 Å². The van der Waals surface area contributed by atoms with E-state index in [0.29, 0.717) is 5.56 Å². The zero-order chi connectivity index (χ0) is 22.7. The second-order valence-corrected chi connectivity index (χ2v) is 7.51. The second kappa shape index (κ2) is 9.09. The highest BCUT2D eigenvalue weighted by molar-refractivity contribution is 5.79. The van der Waals surface area contributed by atoms with Gasteiger partial charge in [0.05, 0.1) is 19.6 Å². The van der Waals surface area contributed by atoms with Crippen molar-refractivity contribution in [2.24, 2.45) is 0 Å². The number of alkyl carbamates (subject to hydrolysis) is 1. The number of carboxylic acid groups (broad SMARTS) is 1. The summed E-state index contributed by atoms with van der Waals surface area (Å²) in [5, 5.41) is 11.8. The molecule has 2 N–H and O–H groups in total. The van der Waals surface area contributed by atoms with Crippen molar-refractivity contribution in [3.8, 4) is 16.9 Å². The molecule has 0 saturated heterocycles. The SMILES string of the molecule is COc1ccc([C@@H](CC(=O)O)NC(=O)OCC2c3ccccc3-c3ccccc32)cc1F. The van der Waals surface area contributed by atoms with Crippen LogP contribution in [0, 0.1) is 5.82 Å². The average molecular weight is 435 g/mol. The van der Waals surface area contributed by atoms with Crippen LogP contribution in [0.1, 0.15) is 35.1 Å². The maximum absolute atomic E-state index is 14.1.